The van der Waals surface area contributed by atoms with Gasteiger partial charge in [0.15, 0.2) is 0 Å². The second-order valence-electron chi connectivity index (χ2n) is 13.0. The number of fused-ring (bicyclic) bond motifs is 1. The van der Waals surface area contributed by atoms with Crippen LogP contribution in [-0.2, 0) is 26.5 Å². The fraction of sp³-hybridized carbons (Fsp3) is 0.0909. The van der Waals surface area contributed by atoms with Gasteiger partial charge in [-0.05, 0) is 46.6 Å². The SMILES string of the molecule is CC(C)(C)c1ccnc(-c2cccc3sc(Oc4[c-]c(N5C=CN(c6c(-c7ccccc7)cccc6-c6ccccc6)[CH-]5)ccc4)[c-]c23)c1.[Pt]. The molecule has 250 valence electrons. The summed E-state index contributed by atoms with van der Waals surface area (Å²) >= 11 is 1.58. The average Bonchev–Trinajstić information content (AvgIpc) is 3.79. The minimum Gasteiger partial charge on any atom is -0.500 e. The summed E-state index contributed by atoms with van der Waals surface area (Å²) in [6.45, 7) is 8.76. The molecule has 50 heavy (non-hydrogen) atoms. The van der Waals surface area contributed by atoms with Crippen LogP contribution < -0.4 is 14.5 Å². The number of anilines is 2. The summed E-state index contributed by atoms with van der Waals surface area (Å²) in [6, 6.07) is 51.1. The molecule has 4 nitrogen and oxygen atoms in total. The Hall–Kier alpha value is -4.96. The minimum absolute atomic E-state index is 0. The van der Waals surface area contributed by atoms with E-state index in [0.717, 1.165) is 55.0 Å². The summed E-state index contributed by atoms with van der Waals surface area (Å²) in [7, 11) is 0. The van der Waals surface area contributed by atoms with Crippen molar-refractivity contribution in [2.45, 2.75) is 26.2 Å². The first-order chi connectivity index (χ1) is 23.9. The molecular weight excluding hydrogens is 814 g/mol. The van der Waals surface area contributed by atoms with Crippen LogP contribution in [0.15, 0.2) is 146 Å². The molecule has 5 aromatic carbocycles. The maximum atomic E-state index is 6.41. The van der Waals surface area contributed by atoms with Gasteiger partial charge in [-0.2, -0.15) is 22.8 Å². The molecule has 7 aromatic rings. The largest absolute Gasteiger partial charge is 0.500 e. The van der Waals surface area contributed by atoms with Gasteiger partial charge in [0, 0.05) is 55.5 Å². The predicted molar refractivity (Wildman–Crippen MR) is 204 cm³/mol. The van der Waals surface area contributed by atoms with Gasteiger partial charge in [-0.25, -0.2) is 0 Å². The Labute approximate surface area is 312 Å². The van der Waals surface area contributed by atoms with Crippen molar-refractivity contribution in [2.24, 2.45) is 0 Å². The molecule has 0 bridgehead atoms. The van der Waals surface area contributed by atoms with Gasteiger partial charge >= 0.3 is 0 Å². The third-order valence-corrected chi connectivity index (χ3v) is 9.62. The Kier molecular flexibility index (Phi) is 9.46. The van der Waals surface area contributed by atoms with Crippen molar-refractivity contribution in [3.05, 3.63) is 170 Å². The Balaban J connectivity index is 0.00000392. The van der Waals surface area contributed by atoms with Gasteiger partial charge in [0.1, 0.15) is 5.06 Å². The van der Waals surface area contributed by atoms with E-state index in [9.17, 15) is 0 Å². The van der Waals surface area contributed by atoms with E-state index in [1.807, 2.05) is 24.4 Å². The maximum Gasteiger partial charge on any atom is 0.107 e. The van der Waals surface area contributed by atoms with Gasteiger partial charge in [-0.1, -0.05) is 110 Å². The molecule has 1 aliphatic heterocycles. The van der Waals surface area contributed by atoms with Crippen LogP contribution in [0, 0.1) is 18.8 Å². The van der Waals surface area contributed by atoms with Gasteiger partial charge in [-0.3, -0.25) is 4.98 Å². The molecule has 0 fully saturated rings. The van der Waals surface area contributed by atoms with E-state index in [1.165, 1.54) is 5.56 Å². The zero-order valence-corrected chi connectivity index (χ0v) is 31.0. The molecule has 3 heterocycles. The minimum atomic E-state index is 0. The third kappa shape index (κ3) is 6.76. The summed E-state index contributed by atoms with van der Waals surface area (Å²) in [5.41, 5.74) is 9.91. The number of rotatable bonds is 7. The summed E-state index contributed by atoms with van der Waals surface area (Å²) in [5, 5.41) is 1.70. The molecule has 1 aliphatic rings. The van der Waals surface area contributed by atoms with Gasteiger partial charge in [0.2, 0.25) is 0 Å². The van der Waals surface area contributed by atoms with E-state index in [4.69, 9.17) is 9.72 Å². The van der Waals surface area contributed by atoms with Crippen LogP contribution >= 0.6 is 11.3 Å². The molecule has 0 spiro atoms. The average molecular weight is 848 g/mol. The molecule has 0 N–H and O–H groups in total. The Bertz CT molecular complexity index is 2240. The molecule has 6 heteroatoms. The summed E-state index contributed by atoms with van der Waals surface area (Å²) in [6.07, 6.45) is 6.05. The third-order valence-electron chi connectivity index (χ3n) is 8.69. The van der Waals surface area contributed by atoms with E-state index < -0.39 is 0 Å². The van der Waals surface area contributed by atoms with Crippen LogP contribution in [0.2, 0.25) is 0 Å². The van der Waals surface area contributed by atoms with E-state index in [1.54, 1.807) is 11.3 Å². The second-order valence-corrected chi connectivity index (χ2v) is 14.1. The Morgan fingerprint density at radius 2 is 1.32 bits per heavy atom. The van der Waals surface area contributed by atoms with Crippen molar-refractivity contribution in [3.8, 4) is 44.3 Å². The smallest absolute Gasteiger partial charge is 0.107 e. The van der Waals surface area contributed by atoms with E-state index in [0.29, 0.717) is 10.8 Å². The van der Waals surface area contributed by atoms with Crippen LogP contribution in [0.5, 0.6) is 10.8 Å². The van der Waals surface area contributed by atoms with Crippen molar-refractivity contribution < 1.29 is 25.8 Å². The maximum absolute atomic E-state index is 6.41. The zero-order chi connectivity index (χ0) is 33.4. The van der Waals surface area contributed by atoms with E-state index in [-0.39, 0.29) is 26.5 Å². The molecule has 2 aromatic heterocycles. The molecule has 0 atom stereocenters. The van der Waals surface area contributed by atoms with Crippen molar-refractivity contribution in [1.29, 1.82) is 0 Å². The predicted octanol–water partition coefficient (Wildman–Crippen LogP) is 11.9. The number of hydrogen-bond acceptors (Lipinski definition) is 5. The van der Waals surface area contributed by atoms with E-state index in [2.05, 4.69) is 171 Å². The number of hydrogen-bond donors (Lipinski definition) is 0. The molecule has 0 radical (unpaired) electrons. The molecule has 0 amide bonds. The summed E-state index contributed by atoms with van der Waals surface area (Å²) in [5.74, 6) is 0.629. The van der Waals surface area contributed by atoms with Crippen LogP contribution in [-0.4, -0.2) is 4.98 Å². The van der Waals surface area contributed by atoms with Crippen molar-refractivity contribution in [3.63, 3.8) is 0 Å². The number of nitrogens with zero attached hydrogens (tertiary/aromatic N) is 3. The Morgan fingerprint density at radius 1 is 0.680 bits per heavy atom. The van der Waals surface area contributed by atoms with Crippen molar-refractivity contribution >= 4 is 32.8 Å². The molecular formula is C44H34N3OPtS-3. The van der Waals surface area contributed by atoms with E-state index >= 15 is 0 Å². The molecule has 8 rings (SSSR count). The number of para-hydroxylation sites is 1. The fourth-order valence-electron chi connectivity index (χ4n) is 6.18. The van der Waals surface area contributed by atoms with Crippen molar-refractivity contribution in [1.82, 2.24) is 4.98 Å². The Morgan fingerprint density at radius 3 is 2.02 bits per heavy atom. The van der Waals surface area contributed by atoms with Crippen LogP contribution in [0.4, 0.5) is 11.4 Å². The first-order valence-corrected chi connectivity index (χ1v) is 17.2. The monoisotopic (exact) mass is 847 g/mol. The number of aromatic nitrogens is 1. The van der Waals surface area contributed by atoms with Gasteiger partial charge in [0.05, 0.1) is 0 Å². The van der Waals surface area contributed by atoms with Gasteiger partial charge < -0.3 is 14.5 Å². The first kappa shape index (κ1) is 33.5. The molecule has 0 saturated heterocycles. The van der Waals surface area contributed by atoms with Crippen molar-refractivity contribution in [2.75, 3.05) is 9.80 Å². The number of thiophene rings is 1. The summed E-state index contributed by atoms with van der Waals surface area (Å²) in [4.78, 5) is 8.98. The van der Waals surface area contributed by atoms with Crippen LogP contribution in [0.1, 0.15) is 26.3 Å². The molecule has 0 saturated carbocycles. The number of pyridine rings is 1. The van der Waals surface area contributed by atoms with Crippen LogP contribution in [0.25, 0.3) is 43.6 Å². The molecule has 0 unspecified atom stereocenters. The number of ether oxygens (including phenoxy) is 1. The first-order valence-electron chi connectivity index (χ1n) is 16.4. The van der Waals surface area contributed by atoms with Gasteiger partial charge in [0.25, 0.3) is 0 Å². The topological polar surface area (TPSA) is 28.6 Å². The molecule has 0 aliphatic carbocycles. The normalized spacial score (nSPS) is 12.7. The van der Waals surface area contributed by atoms with Crippen LogP contribution in [0.3, 0.4) is 0 Å². The van der Waals surface area contributed by atoms with Gasteiger partial charge in [-0.15, -0.1) is 54.3 Å². The fourth-order valence-corrected chi connectivity index (χ4v) is 7.07. The number of benzene rings is 5. The quantitative estimate of drug-likeness (QED) is 0.149. The summed E-state index contributed by atoms with van der Waals surface area (Å²) < 4.78 is 7.51. The zero-order valence-electron chi connectivity index (χ0n) is 27.9. The second kappa shape index (κ2) is 14.1. The standard InChI is InChI=1S/C44H34N3OS.Pt/c1-44(2,3)33-23-24-45-40(27-33)38-21-12-22-41-39(38)29-42(49-41)48-35-18-10-17-34(28-35)46-25-26-47(30-46)43-36(31-13-6-4-7-14-31)19-11-20-37(43)32-15-8-5-9-16-32;/h4-27,30H,1-3H3;/q-3;.